The fourth-order valence-electron chi connectivity index (χ4n) is 5.06. The molecule has 13 heteroatoms. The molecule has 12 nitrogen and oxygen atoms in total. The molecule has 2 atom stereocenters. The molecule has 234 valence electrons. The highest BCUT2D eigenvalue weighted by Gasteiger charge is 2.28. The fourth-order valence-corrected chi connectivity index (χ4v) is 6.08. The first kappa shape index (κ1) is 31.5. The van der Waals surface area contributed by atoms with Crippen LogP contribution < -0.4 is 16.0 Å². The van der Waals surface area contributed by atoms with E-state index in [2.05, 4.69) is 30.9 Å². The number of aryl methyl sites for hydroxylation is 2. The van der Waals surface area contributed by atoms with E-state index in [1.165, 1.54) is 22.5 Å². The van der Waals surface area contributed by atoms with Crippen molar-refractivity contribution in [2.24, 2.45) is 5.92 Å². The molecule has 0 fully saturated rings. The van der Waals surface area contributed by atoms with Gasteiger partial charge in [-0.05, 0) is 37.5 Å². The summed E-state index contributed by atoms with van der Waals surface area (Å²) in [5.41, 5.74) is 2.87. The number of amides is 4. The first-order chi connectivity index (χ1) is 21.6. The zero-order valence-corrected chi connectivity index (χ0v) is 26.3. The summed E-state index contributed by atoms with van der Waals surface area (Å²) in [5, 5.41) is 10.9. The molecule has 0 radical (unpaired) electrons. The number of fused-ring (bicyclic) bond motifs is 4. The number of carbonyl (C=O) groups excluding carboxylic acids is 4. The van der Waals surface area contributed by atoms with E-state index in [1.807, 2.05) is 44.2 Å². The molecule has 4 bridgehead atoms. The van der Waals surface area contributed by atoms with Crippen molar-refractivity contribution in [3.63, 3.8) is 0 Å². The summed E-state index contributed by atoms with van der Waals surface area (Å²) in [6.45, 7) is 7.32. The summed E-state index contributed by atoms with van der Waals surface area (Å²) < 4.78 is 5.69. The molecule has 0 aliphatic carbocycles. The third kappa shape index (κ3) is 7.79. The van der Waals surface area contributed by atoms with Crippen molar-refractivity contribution < 1.29 is 23.6 Å². The van der Waals surface area contributed by atoms with Crippen molar-refractivity contribution >= 4 is 35.0 Å². The molecule has 5 rings (SSSR count). The van der Waals surface area contributed by atoms with E-state index in [1.54, 1.807) is 31.4 Å². The number of thiazole rings is 1. The minimum absolute atomic E-state index is 0.0187. The van der Waals surface area contributed by atoms with Crippen LogP contribution in [-0.2, 0) is 11.2 Å². The number of hydrogen-bond acceptors (Lipinski definition) is 9. The minimum Gasteiger partial charge on any atom is -0.446 e. The van der Waals surface area contributed by atoms with Gasteiger partial charge in [0, 0.05) is 41.8 Å². The van der Waals surface area contributed by atoms with Crippen molar-refractivity contribution in [2.75, 3.05) is 19.6 Å². The normalized spacial score (nSPS) is 18.1. The highest BCUT2D eigenvalue weighted by Crippen LogP contribution is 2.26. The van der Waals surface area contributed by atoms with Gasteiger partial charge in [0.2, 0.25) is 11.8 Å². The Bertz CT molecular complexity index is 1680. The van der Waals surface area contributed by atoms with Gasteiger partial charge in [-0.3, -0.25) is 24.2 Å². The summed E-state index contributed by atoms with van der Waals surface area (Å²) in [6, 6.07) is 11.7. The zero-order valence-electron chi connectivity index (χ0n) is 25.5. The van der Waals surface area contributed by atoms with E-state index in [9.17, 15) is 19.2 Å². The second-order valence-electron chi connectivity index (χ2n) is 11.3. The SMILES string of the molecule is Cc1cc(C(=O)N2CCNC(=O)c3coc(n3)[C@H](Cc3ccccc3)NC(=O)c3csc(n3)[C@H](C(C)C)NC(=O)C2)cc(C)n1. The Morgan fingerprint density at radius 3 is 2.44 bits per heavy atom. The standard InChI is InChI=1S/C32H35N7O5S/c1-18(2)27-31-37-25(17-45-31)29(42)35-23(14-21-8-6-5-7-9-21)30-36-24(16-44-30)28(41)33-10-11-39(15-26(40)38-27)32(43)22-12-19(3)34-20(4)13-22/h5-9,12-13,16-18,23,27H,10-11,14-15H2,1-4H3,(H,33,41)(H,35,42)(H,38,40)/t23-,27-/m0/s1. The Kier molecular flexibility index (Phi) is 9.67. The van der Waals surface area contributed by atoms with Gasteiger partial charge in [-0.2, -0.15) is 0 Å². The van der Waals surface area contributed by atoms with E-state index < -0.39 is 29.8 Å². The van der Waals surface area contributed by atoms with Gasteiger partial charge < -0.3 is 25.3 Å². The average molecular weight is 630 g/mol. The Balaban J connectivity index is 1.48. The molecule has 1 aliphatic rings. The van der Waals surface area contributed by atoms with Gasteiger partial charge in [0.05, 0.1) is 12.6 Å². The number of benzene rings is 1. The summed E-state index contributed by atoms with van der Waals surface area (Å²) in [7, 11) is 0. The molecule has 4 heterocycles. The summed E-state index contributed by atoms with van der Waals surface area (Å²) in [5.74, 6) is -1.63. The molecule has 1 aliphatic heterocycles. The van der Waals surface area contributed by atoms with Crippen molar-refractivity contribution in [3.05, 3.63) is 98.9 Å². The average Bonchev–Trinajstić information content (AvgIpc) is 3.69. The maximum absolute atomic E-state index is 13.6. The lowest BCUT2D eigenvalue weighted by Crippen LogP contribution is -2.45. The van der Waals surface area contributed by atoms with Crippen LogP contribution in [0, 0.1) is 19.8 Å². The van der Waals surface area contributed by atoms with E-state index in [0.717, 1.165) is 5.56 Å². The first-order valence-corrected chi connectivity index (χ1v) is 15.5. The molecule has 45 heavy (non-hydrogen) atoms. The van der Waals surface area contributed by atoms with Crippen molar-refractivity contribution in [2.45, 2.75) is 46.2 Å². The Morgan fingerprint density at radius 1 is 1.00 bits per heavy atom. The smallest absolute Gasteiger partial charge is 0.273 e. The zero-order chi connectivity index (χ0) is 32.1. The van der Waals surface area contributed by atoms with Crippen molar-refractivity contribution in [1.29, 1.82) is 0 Å². The molecule has 0 unspecified atom stereocenters. The number of nitrogens with zero attached hydrogens (tertiary/aromatic N) is 4. The molecular formula is C32H35N7O5S. The largest absolute Gasteiger partial charge is 0.446 e. The predicted molar refractivity (Wildman–Crippen MR) is 167 cm³/mol. The topological polar surface area (TPSA) is 159 Å². The lowest BCUT2D eigenvalue weighted by atomic mass is 10.0. The monoisotopic (exact) mass is 629 g/mol. The van der Waals surface area contributed by atoms with Crippen LogP contribution in [0.1, 0.15) is 85.1 Å². The van der Waals surface area contributed by atoms with E-state index in [4.69, 9.17) is 4.42 Å². The molecule has 4 aromatic rings. The van der Waals surface area contributed by atoms with Crippen LogP contribution in [0.5, 0.6) is 0 Å². The number of hydrogen-bond donors (Lipinski definition) is 3. The maximum Gasteiger partial charge on any atom is 0.273 e. The van der Waals surface area contributed by atoms with Gasteiger partial charge in [0.1, 0.15) is 23.0 Å². The molecule has 0 saturated heterocycles. The second-order valence-corrected chi connectivity index (χ2v) is 12.2. The van der Waals surface area contributed by atoms with Crippen LogP contribution in [0.25, 0.3) is 0 Å². The first-order valence-electron chi connectivity index (χ1n) is 14.6. The lowest BCUT2D eigenvalue weighted by molar-refractivity contribution is -0.122. The number of carbonyl (C=O) groups is 4. The quantitative estimate of drug-likeness (QED) is 0.309. The fraction of sp³-hybridized carbons (Fsp3) is 0.344. The number of rotatable bonds is 4. The number of pyridine rings is 1. The van der Waals surface area contributed by atoms with Gasteiger partial charge in [-0.1, -0.05) is 44.2 Å². The van der Waals surface area contributed by atoms with E-state index in [-0.39, 0.29) is 48.7 Å². The highest BCUT2D eigenvalue weighted by molar-refractivity contribution is 7.09. The summed E-state index contributed by atoms with van der Waals surface area (Å²) >= 11 is 1.27. The van der Waals surface area contributed by atoms with E-state index >= 15 is 0 Å². The van der Waals surface area contributed by atoms with Crippen molar-refractivity contribution in [1.82, 2.24) is 35.8 Å². The maximum atomic E-state index is 13.6. The number of aromatic nitrogens is 3. The van der Waals surface area contributed by atoms with Crippen LogP contribution >= 0.6 is 11.3 Å². The lowest BCUT2D eigenvalue weighted by Gasteiger charge is -2.25. The van der Waals surface area contributed by atoms with Crippen LogP contribution in [0.2, 0.25) is 0 Å². The van der Waals surface area contributed by atoms with Crippen LogP contribution in [0.15, 0.2) is 58.5 Å². The highest BCUT2D eigenvalue weighted by atomic mass is 32.1. The molecule has 3 aromatic heterocycles. The number of oxazole rings is 1. The van der Waals surface area contributed by atoms with Crippen molar-refractivity contribution in [3.8, 4) is 0 Å². The Hall–Kier alpha value is -4.91. The Labute approximate surface area is 264 Å². The molecule has 4 amide bonds. The molecular weight excluding hydrogens is 594 g/mol. The van der Waals surface area contributed by atoms with Crippen LogP contribution in [0.3, 0.4) is 0 Å². The predicted octanol–water partition coefficient (Wildman–Crippen LogP) is 3.56. The molecule has 3 N–H and O–H groups in total. The summed E-state index contributed by atoms with van der Waals surface area (Å²) in [6.07, 6.45) is 1.59. The molecule has 0 spiro atoms. The molecule has 1 aromatic carbocycles. The minimum atomic E-state index is -0.688. The van der Waals surface area contributed by atoms with Crippen LogP contribution in [0.4, 0.5) is 0 Å². The van der Waals surface area contributed by atoms with E-state index in [0.29, 0.717) is 28.4 Å². The number of nitrogens with one attached hydrogen (secondary N) is 3. The third-order valence-electron chi connectivity index (χ3n) is 7.26. The summed E-state index contributed by atoms with van der Waals surface area (Å²) in [4.78, 5) is 68.1. The Morgan fingerprint density at radius 2 is 1.73 bits per heavy atom. The second kappa shape index (κ2) is 13.8. The van der Waals surface area contributed by atoms with Gasteiger partial charge in [0.15, 0.2) is 5.69 Å². The van der Waals surface area contributed by atoms with Gasteiger partial charge >= 0.3 is 0 Å². The van der Waals surface area contributed by atoms with Gasteiger partial charge in [-0.25, -0.2) is 9.97 Å². The van der Waals surface area contributed by atoms with Gasteiger partial charge in [-0.15, -0.1) is 11.3 Å². The van der Waals surface area contributed by atoms with Crippen LogP contribution in [-0.4, -0.2) is 63.1 Å². The third-order valence-corrected chi connectivity index (χ3v) is 8.19. The molecule has 0 saturated carbocycles. The van der Waals surface area contributed by atoms with Gasteiger partial charge in [0.25, 0.3) is 17.7 Å².